The number of aromatic amines is 1. The van der Waals surface area contributed by atoms with Crippen molar-refractivity contribution in [3.63, 3.8) is 0 Å². The molecule has 0 amide bonds. The van der Waals surface area contributed by atoms with Crippen LogP contribution in [0, 0.1) is 17.7 Å². The zero-order valence-electron chi connectivity index (χ0n) is 14.3. The molecule has 6 nitrogen and oxygen atoms in total. The minimum Gasteiger partial charge on any atom is -0.338 e. The molecule has 0 spiro atoms. The topological polar surface area (TPSA) is 86.5 Å². The van der Waals surface area contributed by atoms with E-state index in [0.717, 1.165) is 18.4 Å². The highest BCUT2D eigenvalue weighted by Gasteiger charge is 2.21. The second kappa shape index (κ2) is 7.83. The summed E-state index contributed by atoms with van der Waals surface area (Å²) in [5.74, 6) is 0.222. The molecule has 2 heterocycles. The summed E-state index contributed by atoms with van der Waals surface area (Å²) in [6.07, 6.45) is 7.47. The van der Waals surface area contributed by atoms with Crippen LogP contribution in [0.5, 0.6) is 0 Å². The van der Waals surface area contributed by atoms with Crippen molar-refractivity contribution >= 4 is 22.4 Å². The SMILES string of the molecule is C#N.O=c1[nH]ccc2c1c(Nc1ccc(F)cc1)nn2C1CCCCC1. The first-order valence-electron chi connectivity index (χ1n) is 8.61. The van der Waals surface area contributed by atoms with Crippen molar-refractivity contribution < 1.29 is 4.39 Å². The second-order valence-electron chi connectivity index (χ2n) is 6.28. The predicted molar refractivity (Wildman–Crippen MR) is 98.8 cm³/mol. The van der Waals surface area contributed by atoms with Crippen LogP contribution in [-0.2, 0) is 0 Å². The fourth-order valence-corrected chi connectivity index (χ4v) is 3.46. The first kappa shape index (κ1) is 17.7. The molecule has 3 aromatic rings. The van der Waals surface area contributed by atoms with Crippen LogP contribution in [0.1, 0.15) is 38.1 Å². The Labute approximate surface area is 150 Å². The van der Waals surface area contributed by atoms with Gasteiger partial charge in [-0.15, -0.1) is 0 Å². The van der Waals surface area contributed by atoms with E-state index in [9.17, 15) is 9.18 Å². The monoisotopic (exact) mass is 353 g/mol. The van der Waals surface area contributed by atoms with Crippen LogP contribution in [-0.4, -0.2) is 14.8 Å². The molecule has 7 heteroatoms. The van der Waals surface area contributed by atoms with Gasteiger partial charge in [0.25, 0.3) is 5.56 Å². The molecule has 0 atom stereocenters. The quantitative estimate of drug-likeness (QED) is 0.737. The largest absolute Gasteiger partial charge is 0.338 e. The van der Waals surface area contributed by atoms with Crippen LogP contribution in [0.3, 0.4) is 0 Å². The van der Waals surface area contributed by atoms with Gasteiger partial charge in [-0.25, -0.2) is 9.65 Å². The van der Waals surface area contributed by atoms with Crippen LogP contribution < -0.4 is 10.9 Å². The lowest BCUT2D eigenvalue weighted by Gasteiger charge is -2.22. The molecule has 2 N–H and O–H groups in total. The molecule has 4 rings (SSSR count). The Morgan fingerprint density at radius 1 is 1.15 bits per heavy atom. The first-order valence-corrected chi connectivity index (χ1v) is 8.61. The summed E-state index contributed by atoms with van der Waals surface area (Å²) in [6, 6.07) is 8.26. The van der Waals surface area contributed by atoms with E-state index < -0.39 is 0 Å². The summed E-state index contributed by atoms with van der Waals surface area (Å²) >= 11 is 0. The van der Waals surface area contributed by atoms with Crippen molar-refractivity contribution in [3.8, 4) is 6.57 Å². The highest BCUT2D eigenvalue weighted by Crippen LogP contribution is 2.32. The zero-order chi connectivity index (χ0) is 18.5. The van der Waals surface area contributed by atoms with Gasteiger partial charge in [0.15, 0.2) is 5.82 Å². The third-order valence-electron chi connectivity index (χ3n) is 4.66. The molecular weight excluding hydrogens is 333 g/mol. The molecule has 0 aliphatic heterocycles. The number of hydrogen-bond acceptors (Lipinski definition) is 4. The molecule has 0 unspecified atom stereocenters. The maximum atomic E-state index is 13.1. The number of pyridine rings is 1. The molecular formula is C19H20FN5O. The van der Waals surface area contributed by atoms with Gasteiger partial charge in [0.2, 0.25) is 0 Å². The van der Waals surface area contributed by atoms with Crippen molar-refractivity contribution in [1.29, 1.82) is 5.26 Å². The zero-order valence-corrected chi connectivity index (χ0v) is 14.3. The van der Waals surface area contributed by atoms with Crippen molar-refractivity contribution in [3.05, 3.63) is 52.7 Å². The molecule has 1 fully saturated rings. The summed E-state index contributed by atoms with van der Waals surface area (Å²) in [5, 5.41) is 14.9. The average molecular weight is 353 g/mol. The molecule has 26 heavy (non-hydrogen) atoms. The smallest absolute Gasteiger partial charge is 0.261 e. The number of nitriles is 1. The number of rotatable bonds is 3. The van der Waals surface area contributed by atoms with Gasteiger partial charge < -0.3 is 10.3 Å². The summed E-state index contributed by atoms with van der Waals surface area (Å²) in [5.41, 5.74) is 1.38. The van der Waals surface area contributed by atoms with Gasteiger partial charge in [0.05, 0.1) is 11.6 Å². The molecule has 1 aromatic carbocycles. The van der Waals surface area contributed by atoms with Crippen LogP contribution in [0.25, 0.3) is 10.9 Å². The summed E-state index contributed by atoms with van der Waals surface area (Å²) in [7, 11) is 0. The number of aromatic nitrogens is 3. The number of nitrogens with one attached hydrogen (secondary N) is 2. The van der Waals surface area contributed by atoms with E-state index in [-0.39, 0.29) is 11.4 Å². The summed E-state index contributed by atoms with van der Waals surface area (Å²) < 4.78 is 15.1. The van der Waals surface area contributed by atoms with Gasteiger partial charge in [-0.3, -0.25) is 9.48 Å². The van der Waals surface area contributed by atoms with Crippen LogP contribution in [0.4, 0.5) is 15.9 Å². The van der Waals surface area contributed by atoms with E-state index in [1.807, 2.05) is 10.7 Å². The Hall–Kier alpha value is -3.14. The summed E-state index contributed by atoms with van der Waals surface area (Å²) in [6.45, 7) is 3.50. The molecule has 0 radical (unpaired) electrons. The number of benzene rings is 1. The number of nitrogens with zero attached hydrogens (tertiary/aromatic N) is 3. The Bertz CT molecular complexity index is 951. The van der Waals surface area contributed by atoms with Gasteiger partial charge in [0.1, 0.15) is 11.2 Å². The first-order chi connectivity index (χ1) is 12.7. The number of halogens is 1. The van der Waals surface area contributed by atoms with E-state index in [1.165, 1.54) is 31.4 Å². The van der Waals surface area contributed by atoms with Gasteiger partial charge in [-0.1, -0.05) is 19.3 Å². The fourth-order valence-electron chi connectivity index (χ4n) is 3.46. The van der Waals surface area contributed by atoms with E-state index >= 15 is 0 Å². The third-order valence-corrected chi connectivity index (χ3v) is 4.66. The highest BCUT2D eigenvalue weighted by atomic mass is 19.1. The second-order valence-corrected chi connectivity index (χ2v) is 6.28. The van der Waals surface area contributed by atoms with E-state index in [0.29, 0.717) is 22.9 Å². The van der Waals surface area contributed by atoms with Gasteiger partial charge in [-0.05, 0) is 43.2 Å². The molecule has 1 saturated carbocycles. The van der Waals surface area contributed by atoms with Gasteiger partial charge in [-0.2, -0.15) is 5.10 Å². The standard InChI is InChI=1S/C18H19FN4O.CHN/c19-12-6-8-13(9-7-12)21-17-16-15(10-11-20-18(16)24)23(22-17)14-4-2-1-3-5-14;1-2/h6-11,14H,1-5H2,(H,20,24)(H,21,22);1H. The van der Waals surface area contributed by atoms with E-state index in [1.54, 1.807) is 18.3 Å². The van der Waals surface area contributed by atoms with Crippen molar-refractivity contribution in [2.45, 2.75) is 38.1 Å². The molecule has 0 saturated heterocycles. The minimum absolute atomic E-state index is 0.167. The van der Waals surface area contributed by atoms with Crippen LogP contribution in [0.15, 0.2) is 41.3 Å². The Kier molecular flexibility index (Phi) is 5.32. The number of fused-ring (bicyclic) bond motifs is 1. The minimum atomic E-state index is -0.295. The number of H-pyrrole nitrogens is 1. The lowest BCUT2D eigenvalue weighted by Crippen LogP contribution is -2.14. The predicted octanol–water partition coefficient (Wildman–Crippen LogP) is 4.25. The van der Waals surface area contributed by atoms with Crippen LogP contribution >= 0.6 is 0 Å². The molecule has 1 aliphatic carbocycles. The number of hydrogen-bond donors (Lipinski definition) is 2. The lowest BCUT2D eigenvalue weighted by atomic mass is 9.95. The lowest BCUT2D eigenvalue weighted by molar-refractivity contribution is 0.338. The summed E-state index contributed by atoms with van der Waals surface area (Å²) in [4.78, 5) is 15.0. The Balaban J connectivity index is 0.000000948. The maximum absolute atomic E-state index is 13.1. The van der Waals surface area contributed by atoms with Crippen LogP contribution in [0.2, 0.25) is 0 Å². The van der Waals surface area contributed by atoms with E-state index in [4.69, 9.17) is 5.26 Å². The van der Waals surface area contributed by atoms with Crippen molar-refractivity contribution in [2.24, 2.45) is 0 Å². The average Bonchev–Trinajstić information content (AvgIpc) is 3.06. The molecule has 0 bridgehead atoms. The highest BCUT2D eigenvalue weighted by molar-refractivity contribution is 5.91. The Morgan fingerprint density at radius 2 is 1.85 bits per heavy atom. The van der Waals surface area contributed by atoms with Gasteiger partial charge in [0, 0.05) is 18.5 Å². The van der Waals surface area contributed by atoms with E-state index in [2.05, 4.69) is 22.0 Å². The Morgan fingerprint density at radius 3 is 2.54 bits per heavy atom. The van der Waals surface area contributed by atoms with Gasteiger partial charge >= 0.3 is 0 Å². The molecule has 1 aliphatic rings. The van der Waals surface area contributed by atoms with Crippen molar-refractivity contribution in [1.82, 2.24) is 14.8 Å². The fraction of sp³-hybridized carbons (Fsp3) is 0.316. The number of anilines is 2. The molecule has 134 valence electrons. The molecule has 2 aromatic heterocycles. The van der Waals surface area contributed by atoms with Crippen molar-refractivity contribution in [2.75, 3.05) is 5.32 Å². The third kappa shape index (κ3) is 3.45. The normalized spacial score (nSPS) is 14.6. The maximum Gasteiger partial charge on any atom is 0.261 e.